The van der Waals surface area contributed by atoms with Gasteiger partial charge in [-0.2, -0.15) is 0 Å². The number of carbonyl (C=O) groups is 2. The van der Waals surface area contributed by atoms with Crippen LogP contribution in [-0.4, -0.2) is 47.4 Å². The molecule has 1 amide bonds. The number of unbranched alkanes of at least 4 members (excludes halogenated alkanes) is 60. The van der Waals surface area contributed by atoms with Crippen molar-refractivity contribution < 1.29 is 24.5 Å². The second-order valence-corrected chi connectivity index (χ2v) is 27.4. The SMILES string of the molecule is CCCCC/C=C\C/C=C\CCCCCCCCCCCC(=O)OCCCCCCCCCCCCCCCCCCCCCCCCCCCCCCCCC(=O)NC(CO)C(O)/C=C/CCCCCCCCCCCCCCCCCCCCC. The number of nitrogens with one attached hydrogen (secondary N) is 1. The molecule has 0 bridgehead atoms. The van der Waals surface area contributed by atoms with E-state index in [1.807, 2.05) is 6.08 Å². The predicted octanol–water partition coefficient (Wildman–Crippen LogP) is 26.2. The molecule has 0 aliphatic rings. The molecule has 3 N–H and O–H groups in total. The number of allylic oxidation sites excluding steroid dienone is 5. The first-order chi connectivity index (χ1) is 43.0. The maximum Gasteiger partial charge on any atom is 0.305 e. The second-order valence-electron chi connectivity index (χ2n) is 27.4. The molecule has 0 rings (SSSR count). The normalized spacial score (nSPS) is 12.6. The maximum absolute atomic E-state index is 12.5. The Morgan fingerprint density at radius 3 is 0.897 bits per heavy atom. The van der Waals surface area contributed by atoms with Gasteiger partial charge in [0.1, 0.15) is 0 Å². The van der Waals surface area contributed by atoms with Gasteiger partial charge in [-0.25, -0.2) is 0 Å². The fraction of sp³-hybridized carbons (Fsp3) is 0.901. The fourth-order valence-corrected chi connectivity index (χ4v) is 12.6. The average Bonchev–Trinajstić information content (AvgIpc) is 3.53. The molecule has 2 unspecified atom stereocenters. The zero-order valence-electron chi connectivity index (χ0n) is 59.0. The molecule has 0 aliphatic carbocycles. The first-order valence-electron chi connectivity index (χ1n) is 39.8. The molecular weight excluding hydrogens is 1070 g/mol. The zero-order valence-corrected chi connectivity index (χ0v) is 59.0. The van der Waals surface area contributed by atoms with Crippen LogP contribution in [0.2, 0.25) is 0 Å². The van der Waals surface area contributed by atoms with Crippen molar-refractivity contribution in [1.82, 2.24) is 5.32 Å². The van der Waals surface area contributed by atoms with Crippen molar-refractivity contribution >= 4 is 11.9 Å². The van der Waals surface area contributed by atoms with Gasteiger partial charge in [-0.05, 0) is 64.2 Å². The molecule has 0 aromatic heterocycles. The van der Waals surface area contributed by atoms with E-state index in [1.54, 1.807) is 6.08 Å². The molecule has 6 heteroatoms. The van der Waals surface area contributed by atoms with E-state index < -0.39 is 12.1 Å². The van der Waals surface area contributed by atoms with Crippen LogP contribution in [0, 0.1) is 0 Å². The first kappa shape index (κ1) is 85.1. The lowest BCUT2D eigenvalue weighted by atomic mass is 10.0. The van der Waals surface area contributed by atoms with Gasteiger partial charge in [0, 0.05) is 12.8 Å². The third-order valence-corrected chi connectivity index (χ3v) is 18.7. The molecule has 6 nitrogen and oxygen atoms in total. The third kappa shape index (κ3) is 73.0. The van der Waals surface area contributed by atoms with Crippen LogP contribution in [-0.2, 0) is 14.3 Å². The van der Waals surface area contributed by atoms with Gasteiger partial charge in [-0.3, -0.25) is 9.59 Å². The lowest BCUT2D eigenvalue weighted by Crippen LogP contribution is -2.45. The third-order valence-electron chi connectivity index (χ3n) is 18.7. The Labute approximate surface area is 544 Å². The largest absolute Gasteiger partial charge is 0.466 e. The molecule has 87 heavy (non-hydrogen) atoms. The van der Waals surface area contributed by atoms with Crippen LogP contribution in [0.5, 0.6) is 0 Å². The van der Waals surface area contributed by atoms with Crippen LogP contribution in [0.1, 0.15) is 444 Å². The minimum Gasteiger partial charge on any atom is -0.466 e. The van der Waals surface area contributed by atoms with Crippen LogP contribution < -0.4 is 5.32 Å². The summed E-state index contributed by atoms with van der Waals surface area (Å²) in [7, 11) is 0. The van der Waals surface area contributed by atoms with E-state index in [4.69, 9.17) is 4.74 Å². The van der Waals surface area contributed by atoms with E-state index in [0.29, 0.717) is 19.4 Å². The molecule has 0 aliphatic heterocycles. The van der Waals surface area contributed by atoms with E-state index in [1.165, 1.54) is 366 Å². The number of esters is 1. The number of ether oxygens (including phenoxy) is 1. The monoisotopic (exact) mass is 1220 g/mol. The highest BCUT2D eigenvalue weighted by atomic mass is 16.5. The molecule has 2 atom stereocenters. The van der Waals surface area contributed by atoms with Gasteiger partial charge in [0.05, 0.1) is 25.4 Å². The number of aliphatic hydroxyl groups is 2. The molecule has 0 aromatic carbocycles. The van der Waals surface area contributed by atoms with E-state index in [2.05, 4.69) is 43.5 Å². The Balaban J connectivity index is 3.35. The summed E-state index contributed by atoms with van der Waals surface area (Å²) in [5.41, 5.74) is 0. The van der Waals surface area contributed by atoms with E-state index in [-0.39, 0.29) is 18.5 Å². The van der Waals surface area contributed by atoms with Crippen LogP contribution in [0.15, 0.2) is 36.5 Å². The summed E-state index contributed by atoms with van der Waals surface area (Å²) < 4.78 is 5.52. The van der Waals surface area contributed by atoms with Gasteiger partial charge < -0.3 is 20.3 Å². The number of rotatable bonds is 75. The van der Waals surface area contributed by atoms with Crippen molar-refractivity contribution in [1.29, 1.82) is 0 Å². The Bertz CT molecular complexity index is 1410. The smallest absolute Gasteiger partial charge is 0.305 e. The lowest BCUT2D eigenvalue weighted by Gasteiger charge is -2.20. The average molecular weight is 1220 g/mol. The summed E-state index contributed by atoms with van der Waals surface area (Å²) in [4.78, 5) is 24.7. The Kier molecular flexibility index (Phi) is 74.8. The van der Waals surface area contributed by atoms with Gasteiger partial charge in [-0.15, -0.1) is 0 Å². The van der Waals surface area contributed by atoms with Crippen LogP contribution in [0.3, 0.4) is 0 Å². The van der Waals surface area contributed by atoms with Crippen LogP contribution in [0.4, 0.5) is 0 Å². The first-order valence-corrected chi connectivity index (χ1v) is 39.8. The van der Waals surface area contributed by atoms with E-state index in [9.17, 15) is 19.8 Å². The number of carbonyl (C=O) groups excluding carboxylic acids is 2. The van der Waals surface area contributed by atoms with Gasteiger partial charge >= 0.3 is 5.97 Å². The molecule has 0 spiro atoms. The van der Waals surface area contributed by atoms with Gasteiger partial charge in [-0.1, -0.05) is 403 Å². The van der Waals surface area contributed by atoms with Crippen LogP contribution in [0.25, 0.3) is 0 Å². The molecule has 0 heterocycles. The number of hydrogen-bond acceptors (Lipinski definition) is 5. The molecule has 0 radical (unpaired) electrons. The molecule has 514 valence electrons. The Hall–Kier alpha value is -1.92. The minimum atomic E-state index is -0.843. The fourth-order valence-electron chi connectivity index (χ4n) is 12.6. The maximum atomic E-state index is 12.5. The predicted molar refractivity (Wildman–Crippen MR) is 384 cm³/mol. The van der Waals surface area contributed by atoms with Gasteiger partial charge in [0.15, 0.2) is 0 Å². The Morgan fingerprint density at radius 1 is 0.322 bits per heavy atom. The van der Waals surface area contributed by atoms with Crippen molar-refractivity contribution in [3.8, 4) is 0 Å². The molecule has 0 aromatic rings. The van der Waals surface area contributed by atoms with Crippen molar-refractivity contribution in [2.24, 2.45) is 0 Å². The van der Waals surface area contributed by atoms with E-state index in [0.717, 1.165) is 51.4 Å². The van der Waals surface area contributed by atoms with Crippen molar-refractivity contribution in [2.75, 3.05) is 13.2 Å². The van der Waals surface area contributed by atoms with Crippen molar-refractivity contribution in [2.45, 2.75) is 456 Å². The summed E-state index contributed by atoms with van der Waals surface area (Å²) >= 11 is 0. The minimum absolute atomic E-state index is 0.0168. The molecule has 0 saturated heterocycles. The molecule has 0 fully saturated rings. The summed E-state index contributed by atoms with van der Waals surface area (Å²) in [6, 6.07) is -0.626. The lowest BCUT2D eigenvalue weighted by molar-refractivity contribution is -0.143. The summed E-state index contributed by atoms with van der Waals surface area (Å²) in [6.45, 7) is 4.93. The highest BCUT2D eigenvalue weighted by Gasteiger charge is 2.18. The van der Waals surface area contributed by atoms with Crippen molar-refractivity contribution in [3.63, 3.8) is 0 Å². The highest BCUT2D eigenvalue weighted by Crippen LogP contribution is 2.20. The van der Waals surface area contributed by atoms with E-state index >= 15 is 0 Å². The number of hydrogen-bond donors (Lipinski definition) is 3. The number of aliphatic hydroxyl groups excluding tert-OH is 2. The quantitative estimate of drug-likeness (QED) is 0.0320. The van der Waals surface area contributed by atoms with Gasteiger partial charge in [0.25, 0.3) is 0 Å². The van der Waals surface area contributed by atoms with Gasteiger partial charge in [0.2, 0.25) is 5.91 Å². The topological polar surface area (TPSA) is 95.9 Å². The zero-order chi connectivity index (χ0) is 62.8. The Morgan fingerprint density at radius 2 is 0.575 bits per heavy atom. The summed E-state index contributed by atoms with van der Waals surface area (Å²) in [5, 5.41) is 23.3. The molecule has 0 saturated carbocycles. The second kappa shape index (κ2) is 76.5. The summed E-state index contributed by atoms with van der Waals surface area (Å²) in [5.74, 6) is -0.0427. The van der Waals surface area contributed by atoms with Crippen LogP contribution >= 0.6 is 0 Å². The summed E-state index contributed by atoms with van der Waals surface area (Å²) in [6.07, 6.45) is 99.8. The molecular formula is C81H155NO5. The highest BCUT2D eigenvalue weighted by molar-refractivity contribution is 5.76. The number of amides is 1. The van der Waals surface area contributed by atoms with Crippen molar-refractivity contribution in [3.05, 3.63) is 36.5 Å². The standard InChI is InChI=1S/C81H155NO5/c1-3-5-7-9-11-13-15-17-19-21-23-34-38-41-45-49-53-57-61-65-69-73-79(84)78(77-83)82-80(85)74-70-66-62-58-54-50-46-42-39-35-32-30-28-26-24-25-27-29-31-33-36-40-44-48-52-56-60-64-68-72-76-87-81(86)75-71-67-63-59-55-51-47-43-37-22-20-18-16-14-12-10-8-6-4-2/h12,14,18,20,69,73,78-79,83-84H,3-11,13,15-17,19,21-68,70-72,74-77H2,1-2H3,(H,82,85)/b14-12-,20-18-,73-69+.